The summed E-state index contributed by atoms with van der Waals surface area (Å²) in [6, 6.07) is 1.50. The van der Waals surface area contributed by atoms with E-state index in [1.54, 1.807) is 6.20 Å². The van der Waals surface area contributed by atoms with Gasteiger partial charge in [0.2, 0.25) is 0 Å². The van der Waals surface area contributed by atoms with Crippen molar-refractivity contribution >= 4 is 11.7 Å². The van der Waals surface area contributed by atoms with E-state index in [1.165, 1.54) is 6.07 Å². The van der Waals surface area contributed by atoms with Crippen molar-refractivity contribution in [1.29, 1.82) is 0 Å². The first-order chi connectivity index (χ1) is 8.15. The van der Waals surface area contributed by atoms with Gasteiger partial charge in [-0.25, -0.2) is 5.10 Å². The molecule has 17 heavy (non-hydrogen) atoms. The summed E-state index contributed by atoms with van der Waals surface area (Å²) in [7, 11) is 0. The largest absolute Gasteiger partial charge is 0.481 e. The lowest BCUT2D eigenvalue weighted by molar-refractivity contribution is -0.138. The molecule has 0 amide bonds. The van der Waals surface area contributed by atoms with Crippen molar-refractivity contribution in [2.24, 2.45) is 5.92 Å². The minimum Gasteiger partial charge on any atom is -0.481 e. The second-order valence-electron chi connectivity index (χ2n) is 4.36. The van der Waals surface area contributed by atoms with Gasteiger partial charge in [-0.3, -0.25) is 9.59 Å². The van der Waals surface area contributed by atoms with Crippen molar-refractivity contribution in [3.63, 3.8) is 0 Å². The lowest BCUT2D eigenvalue weighted by Crippen LogP contribution is -2.36. The van der Waals surface area contributed by atoms with Crippen LogP contribution in [0.15, 0.2) is 17.1 Å². The normalized spacial score (nSPS) is 20.2. The molecule has 0 aliphatic carbocycles. The van der Waals surface area contributed by atoms with Gasteiger partial charge in [-0.05, 0) is 18.8 Å². The number of nitrogens with zero attached hydrogens (tertiary/aromatic N) is 2. The van der Waals surface area contributed by atoms with Gasteiger partial charge in [0.25, 0.3) is 5.56 Å². The van der Waals surface area contributed by atoms with Crippen molar-refractivity contribution in [3.05, 3.63) is 22.6 Å². The Morgan fingerprint density at radius 1 is 1.65 bits per heavy atom. The van der Waals surface area contributed by atoms with Crippen LogP contribution in [0.3, 0.4) is 0 Å². The first kappa shape index (κ1) is 11.6. The Kier molecular flexibility index (Phi) is 3.41. The van der Waals surface area contributed by atoms with E-state index >= 15 is 0 Å². The lowest BCUT2D eigenvalue weighted by Gasteiger charge is -2.33. The van der Waals surface area contributed by atoms with Crippen molar-refractivity contribution in [2.75, 3.05) is 18.0 Å². The van der Waals surface area contributed by atoms with Crippen LogP contribution in [0, 0.1) is 5.92 Å². The maximum absolute atomic E-state index is 11.2. The summed E-state index contributed by atoms with van der Waals surface area (Å²) < 4.78 is 0. The Hall–Kier alpha value is -1.85. The summed E-state index contributed by atoms with van der Waals surface area (Å²) in [6.45, 7) is 1.53. The molecule has 1 atom stereocenters. The Morgan fingerprint density at radius 2 is 2.47 bits per heavy atom. The summed E-state index contributed by atoms with van der Waals surface area (Å²) in [5.74, 6) is -0.610. The van der Waals surface area contributed by atoms with E-state index in [2.05, 4.69) is 10.2 Å². The molecule has 1 saturated heterocycles. The van der Waals surface area contributed by atoms with Gasteiger partial charge in [0.05, 0.1) is 11.9 Å². The maximum atomic E-state index is 11.2. The molecular weight excluding hydrogens is 222 g/mol. The molecule has 1 unspecified atom stereocenters. The fourth-order valence-corrected chi connectivity index (χ4v) is 2.25. The number of hydrogen-bond acceptors (Lipinski definition) is 4. The molecule has 1 fully saturated rings. The molecule has 6 nitrogen and oxygen atoms in total. The molecule has 1 aliphatic rings. The average Bonchev–Trinajstić information content (AvgIpc) is 2.28. The standard InChI is InChI=1S/C11H15N3O3/c15-10-5-9(6-12-13-10)14-3-1-2-8(7-14)4-11(16)17/h5-6,8H,1-4,7H2,(H,13,15)(H,16,17). The van der Waals surface area contributed by atoms with E-state index in [0.29, 0.717) is 6.54 Å². The number of carboxylic acids is 1. The van der Waals surface area contributed by atoms with Crippen LogP contribution in [0.2, 0.25) is 0 Å². The molecule has 2 rings (SSSR count). The minimum absolute atomic E-state index is 0.153. The molecule has 1 aliphatic heterocycles. The van der Waals surface area contributed by atoms with Crippen LogP contribution in [0.1, 0.15) is 19.3 Å². The molecule has 0 aromatic carbocycles. The number of carboxylic acid groups (broad SMARTS) is 1. The highest BCUT2D eigenvalue weighted by atomic mass is 16.4. The SMILES string of the molecule is O=C(O)CC1CCCN(c2cn[nH]c(=O)c2)C1. The van der Waals surface area contributed by atoms with Gasteiger partial charge in [0.1, 0.15) is 0 Å². The third-order valence-electron chi connectivity index (χ3n) is 3.00. The van der Waals surface area contributed by atoms with Gasteiger partial charge in [0.15, 0.2) is 0 Å². The number of nitrogens with one attached hydrogen (secondary N) is 1. The number of anilines is 1. The Labute approximate surface area is 98.3 Å². The quantitative estimate of drug-likeness (QED) is 0.797. The predicted octanol–water partition coefficient (Wildman–Crippen LogP) is 0.461. The molecule has 0 bridgehead atoms. The van der Waals surface area contributed by atoms with Crippen molar-refractivity contribution in [1.82, 2.24) is 10.2 Å². The smallest absolute Gasteiger partial charge is 0.303 e. The van der Waals surface area contributed by atoms with Gasteiger partial charge in [-0.1, -0.05) is 0 Å². The van der Waals surface area contributed by atoms with Crippen LogP contribution in [0.25, 0.3) is 0 Å². The Bertz CT molecular complexity index is 457. The second kappa shape index (κ2) is 4.99. The van der Waals surface area contributed by atoms with Crippen LogP contribution >= 0.6 is 0 Å². The Balaban J connectivity index is 2.06. The number of carbonyl (C=O) groups is 1. The average molecular weight is 237 g/mol. The number of piperidine rings is 1. The number of H-pyrrole nitrogens is 1. The topological polar surface area (TPSA) is 86.3 Å². The van der Waals surface area contributed by atoms with Crippen LogP contribution in [-0.4, -0.2) is 34.4 Å². The summed E-state index contributed by atoms with van der Waals surface area (Å²) in [5, 5.41) is 14.9. The van der Waals surface area contributed by atoms with Crippen LogP contribution in [0.4, 0.5) is 5.69 Å². The minimum atomic E-state index is -0.763. The number of aliphatic carboxylic acids is 1. The summed E-state index contributed by atoms with van der Waals surface area (Å²) >= 11 is 0. The first-order valence-corrected chi connectivity index (χ1v) is 5.66. The van der Waals surface area contributed by atoms with Crippen LogP contribution < -0.4 is 10.5 Å². The second-order valence-corrected chi connectivity index (χ2v) is 4.36. The zero-order chi connectivity index (χ0) is 12.3. The number of aromatic nitrogens is 2. The zero-order valence-corrected chi connectivity index (χ0v) is 9.43. The summed E-state index contributed by atoms with van der Waals surface area (Å²) in [4.78, 5) is 23.9. The zero-order valence-electron chi connectivity index (χ0n) is 9.43. The number of rotatable bonds is 3. The van der Waals surface area contributed by atoms with Crippen LogP contribution in [-0.2, 0) is 4.79 Å². The van der Waals surface area contributed by atoms with Crippen molar-refractivity contribution in [3.8, 4) is 0 Å². The molecule has 1 aromatic rings. The molecule has 0 spiro atoms. The van der Waals surface area contributed by atoms with Gasteiger partial charge in [0, 0.05) is 25.6 Å². The summed E-state index contributed by atoms with van der Waals surface area (Å²) in [6.07, 6.45) is 3.67. The first-order valence-electron chi connectivity index (χ1n) is 5.66. The van der Waals surface area contributed by atoms with Crippen molar-refractivity contribution in [2.45, 2.75) is 19.3 Å². The van der Waals surface area contributed by atoms with Gasteiger partial charge in [-0.2, -0.15) is 5.10 Å². The highest BCUT2D eigenvalue weighted by molar-refractivity contribution is 5.67. The highest BCUT2D eigenvalue weighted by Crippen LogP contribution is 2.23. The van der Waals surface area contributed by atoms with Crippen molar-refractivity contribution < 1.29 is 9.90 Å². The van der Waals surface area contributed by atoms with Crippen LogP contribution in [0.5, 0.6) is 0 Å². The number of hydrogen-bond donors (Lipinski definition) is 2. The van der Waals surface area contributed by atoms with E-state index in [4.69, 9.17) is 5.11 Å². The fraction of sp³-hybridized carbons (Fsp3) is 0.545. The molecule has 6 heteroatoms. The van der Waals surface area contributed by atoms with E-state index in [0.717, 1.165) is 25.1 Å². The van der Waals surface area contributed by atoms with E-state index in [1.807, 2.05) is 4.90 Å². The van der Waals surface area contributed by atoms with Gasteiger partial charge < -0.3 is 10.0 Å². The molecule has 0 saturated carbocycles. The lowest BCUT2D eigenvalue weighted by atomic mass is 9.94. The molecule has 1 aromatic heterocycles. The third kappa shape index (κ3) is 3.05. The molecular formula is C11H15N3O3. The fourth-order valence-electron chi connectivity index (χ4n) is 2.25. The van der Waals surface area contributed by atoms with E-state index < -0.39 is 5.97 Å². The number of aromatic amines is 1. The van der Waals surface area contributed by atoms with E-state index in [9.17, 15) is 9.59 Å². The highest BCUT2D eigenvalue weighted by Gasteiger charge is 2.22. The molecule has 0 radical (unpaired) electrons. The maximum Gasteiger partial charge on any atom is 0.303 e. The predicted molar refractivity (Wildman–Crippen MR) is 62.0 cm³/mol. The third-order valence-corrected chi connectivity index (χ3v) is 3.00. The molecule has 92 valence electrons. The summed E-state index contributed by atoms with van der Waals surface area (Å²) in [5.41, 5.74) is 0.534. The van der Waals surface area contributed by atoms with E-state index in [-0.39, 0.29) is 17.9 Å². The monoisotopic (exact) mass is 237 g/mol. The van der Waals surface area contributed by atoms with Gasteiger partial charge >= 0.3 is 5.97 Å². The molecule has 2 N–H and O–H groups in total. The Morgan fingerprint density at radius 3 is 3.18 bits per heavy atom. The molecule has 2 heterocycles. The van der Waals surface area contributed by atoms with Gasteiger partial charge in [-0.15, -0.1) is 0 Å².